The smallest absolute Gasteiger partial charge is 0.295 e. The average Bonchev–Trinajstić information content (AvgIpc) is 2.61. The van der Waals surface area contributed by atoms with Crippen LogP contribution < -0.4 is 4.90 Å². The summed E-state index contributed by atoms with van der Waals surface area (Å²) in [6, 6.07) is 16.4. The van der Waals surface area contributed by atoms with Gasteiger partial charge in [0.25, 0.3) is 5.69 Å². The Labute approximate surface area is 145 Å². The molecule has 1 heterocycles. The Morgan fingerprint density at radius 2 is 1.96 bits per heavy atom. The van der Waals surface area contributed by atoms with Crippen LogP contribution in [0.15, 0.2) is 48.5 Å². The molecule has 0 bridgehead atoms. The van der Waals surface area contributed by atoms with Crippen LogP contribution in [0.1, 0.15) is 16.8 Å². The van der Waals surface area contributed by atoms with E-state index < -0.39 is 4.92 Å². The predicted octanol–water partition coefficient (Wildman–Crippen LogP) is 3.96. The van der Waals surface area contributed by atoms with Crippen LogP contribution in [-0.2, 0) is 6.54 Å². The van der Waals surface area contributed by atoms with Gasteiger partial charge < -0.3 is 4.90 Å². The summed E-state index contributed by atoms with van der Waals surface area (Å²) in [7, 11) is 1.94. The molecule has 3 rings (SSSR count). The van der Waals surface area contributed by atoms with Gasteiger partial charge in [-0.3, -0.25) is 10.1 Å². The van der Waals surface area contributed by atoms with Crippen molar-refractivity contribution in [3.8, 4) is 6.07 Å². The number of nitro benzene ring substituents is 1. The molecule has 124 valence electrons. The lowest BCUT2D eigenvalue weighted by Gasteiger charge is -2.21. The second-order valence-corrected chi connectivity index (χ2v) is 5.88. The summed E-state index contributed by atoms with van der Waals surface area (Å²) >= 11 is 0. The van der Waals surface area contributed by atoms with Crippen molar-refractivity contribution in [1.82, 2.24) is 4.98 Å². The first-order valence-electron chi connectivity index (χ1n) is 7.74. The molecular formula is C19H16N4O2. The molecule has 0 fully saturated rings. The van der Waals surface area contributed by atoms with E-state index in [2.05, 4.69) is 11.1 Å². The van der Waals surface area contributed by atoms with Gasteiger partial charge in [0, 0.05) is 36.4 Å². The van der Waals surface area contributed by atoms with E-state index in [0.717, 1.165) is 22.3 Å². The summed E-state index contributed by atoms with van der Waals surface area (Å²) in [5.41, 5.74) is 3.68. The third-order valence-corrected chi connectivity index (χ3v) is 4.04. The van der Waals surface area contributed by atoms with Crippen molar-refractivity contribution in [3.63, 3.8) is 0 Å². The Balaban J connectivity index is 2.03. The standard InChI is InChI=1S/C19H16N4O2/c1-13-10-18(16-4-3-5-17(23(24)25)19(16)21-13)22(2)12-15-8-6-14(11-20)7-9-15/h3-10H,12H2,1-2H3. The van der Waals surface area contributed by atoms with Gasteiger partial charge in [-0.2, -0.15) is 5.26 Å². The number of pyridine rings is 1. The normalized spacial score (nSPS) is 10.4. The van der Waals surface area contributed by atoms with Crippen molar-refractivity contribution in [2.75, 3.05) is 11.9 Å². The van der Waals surface area contributed by atoms with E-state index in [4.69, 9.17) is 5.26 Å². The van der Waals surface area contributed by atoms with Crippen LogP contribution in [-0.4, -0.2) is 17.0 Å². The SMILES string of the molecule is Cc1cc(N(C)Cc2ccc(C#N)cc2)c2cccc([N+](=O)[O-])c2n1. The maximum atomic E-state index is 11.3. The number of aryl methyl sites for hydroxylation is 1. The fourth-order valence-corrected chi connectivity index (χ4v) is 2.85. The zero-order chi connectivity index (χ0) is 18.0. The molecule has 0 saturated heterocycles. The van der Waals surface area contributed by atoms with Gasteiger partial charge in [0.15, 0.2) is 5.52 Å². The highest BCUT2D eigenvalue weighted by atomic mass is 16.6. The van der Waals surface area contributed by atoms with Gasteiger partial charge >= 0.3 is 0 Å². The van der Waals surface area contributed by atoms with Gasteiger partial charge in [-0.15, -0.1) is 0 Å². The van der Waals surface area contributed by atoms with Crippen LogP contribution >= 0.6 is 0 Å². The topological polar surface area (TPSA) is 83.1 Å². The molecule has 0 aliphatic rings. The molecule has 6 nitrogen and oxygen atoms in total. The van der Waals surface area contributed by atoms with Gasteiger partial charge in [-0.1, -0.05) is 24.3 Å². The average molecular weight is 332 g/mol. The number of hydrogen-bond donors (Lipinski definition) is 0. The zero-order valence-electron chi connectivity index (χ0n) is 13.9. The highest BCUT2D eigenvalue weighted by Gasteiger charge is 2.17. The molecule has 0 saturated carbocycles. The van der Waals surface area contributed by atoms with Crippen molar-refractivity contribution in [2.24, 2.45) is 0 Å². The lowest BCUT2D eigenvalue weighted by molar-refractivity contribution is -0.383. The third kappa shape index (κ3) is 3.26. The van der Waals surface area contributed by atoms with Crippen molar-refractivity contribution in [1.29, 1.82) is 5.26 Å². The van der Waals surface area contributed by atoms with Crippen LogP contribution in [0.5, 0.6) is 0 Å². The molecule has 0 atom stereocenters. The molecule has 6 heteroatoms. The summed E-state index contributed by atoms with van der Waals surface area (Å²) in [4.78, 5) is 17.3. The maximum absolute atomic E-state index is 11.3. The molecule has 1 aromatic heterocycles. The van der Waals surface area contributed by atoms with Crippen LogP contribution in [0.2, 0.25) is 0 Å². The van der Waals surface area contributed by atoms with Crippen molar-refractivity contribution in [2.45, 2.75) is 13.5 Å². The summed E-state index contributed by atoms with van der Waals surface area (Å²) < 4.78 is 0. The van der Waals surface area contributed by atoms with E-state index in [9.17, 15) is 10.1 Å². The van der Waals surface area contributed by atoms with Crippen molar-refractivity contribution >= 4 is 22.3 Å². The lowest BCUT2D eigenvalue weighted by atomic mass is 10.1. The molecule has 0 unspecified atom stereocenters. The minimum absolute atomic E-state index is 0.00854. The van der Waals surface area contributed by atoms with Gasteiger partial charge in [0.1, 0.15) is 0 Å². The van der Waals surface area contributed by atoms with Gasteiger partial charge in [-0.05, 0) is 30.7 Å². The summed E-state index contributed by atoms with van der Waals surface area (Å²) in [5, 5.41) is 20.9. The van der Waals surface area contributed by atoms with E-state index >= 15 is 0 Å². The van der Waals surface area contributed by atoms with E-state index in [1.165, 1.54) is 6.07 Å². The summed E-state index contributed by atoms with van der Waals surface area (Å²) in [6.07, 6.45) is 0. The molecule has 0 N–H and O–H groups in total. The fourth-order valence-electron chi connectivity index (χ4n) is 2.85. The number of aromatic nitrogens is 1. The van der Waals surface area contributed by atoms with Crippen molar-refractivity contribution in [3.05, 3.63) is 75.5 Å². The van der Waals surface area contributed by atoms with E-state index in [1.54, 1.807) is 18.2 Å². The van der Waals surface area contributed by atoms with Crippen LogP contribution in [0.3, 0.4) is 0 Å². The third-order valence-electron chi connectivity index (χ3n) is 4.04. The van der Waals surface area contributed by atoms with Crippen LogP contribution in [0.25, 0.3) is 10.9 Å². The Hall–Kier alpha value is -3.46. The largest absolute Gasteiger partial charge is 0.370 e. The second kappa shape index (κ2) is 6.57. The molecule has 0 aliphatic heterocycles. The van der Waals surface area contributed by atoms with Gasteiger partial charge in [0.2, 0.25) is 0 Å². The summed E-state index contributed by atoms with van der Waals surface area (Å²) in [5.74, 6) is 0. The Morgan fingerprint density at radius 3 is 2.60 bits per heavy atom. The minimum Gasteiger partial charge on any atom is -0.370 e. The number of nitrogens with zero attached hydrogens (tertiary/aromatic N) is 4. The number of benzene rings is 2. The molecule has 2 aromatic carbocycles. The first-order chi connectivity index (χ1) is 12.0. The first kappa shape index (κ1) is 16.4. The highest BCUT2D eigenvalue weighted by Crippen LogP contribution is 2.32. The van der Waals surface area contributed by atoms with Gasteiger partial charge in [0.05, 0.1) is 16.6 Å². The molecule has 25 heavy (non-hydrogen) atoms. The Morgan fingerprint density at radius 1 is 1.24 bits per heavy atom. The number of fused-ring (bicyclic) bond motifs is 1. The number of nitriles is 1. The highest BCUT2D eigenvalue weighted by molar-refractivity contribution is 5.97. The van der Waals surface area contributed by atoms with Crippen LogP contribution in [0, 0.1) is 28.4 Å². The number of para-hydroxylation sites is 1. The van der Waals surface area contributed by atoms with E-state index in [-0.39, 0.29) is 5.69 Å². The number of non-ortho nitro benzene ring substituents is 1. The van der Waals surface area contributed by atoms with E-state index in [1.807, 2.05) is 43.1 Å². The molecule has 0 amide bonds. The molecule has 0 aliphatic carbocycles. The summed E-state index contributed by atoms with van der Waals surface area (Å²) in [6.45, 7) is 2.45. The number of nitro groups is 1. The maximum Gasteiger partial charge on any atom is 0.295 e. The Bertz CT molecular complexity index is 991. The quantitative estimate of drug-likeness (QED) is 0.533. The minimum atomic E-state index is -0.404. The lowest BCUT2D eigenvalue weighted by Crippen LogP contribution is -2.17. The number of hydrogen-bond acceptors (Lipinski definition) is 5. The molecule has 0 spiro atoms. The van der Waals surface area contributed by atoms with E-state index in [0.29, 0.717) is 17.6 Å². The first-order valence-corrected chi connectivity index (χ1v) is 7.74. The fraction of sp³-hybridized carbons (Fsp3) is 0.158. The number of rotatable bonds is 4. The Kier molecular flexibility index (Phi) is 4.31. The predicted molar refractivity (Wildman–Crippen MR) is 96.4 cm³/mol. The number of anilines is 1. The molecular weight excluding hydrogens is 316 g/mol. The van der Waals surface area contributed by atoms with Crippen molar-refractivity contribution < 1.29 is 4.92 Å². The second-order valence-electron chi connectivity index (χ2n) is 5.88. The van der Waals surface area contributed by atoms with Crippen LogP contribution in [0.4, 0.5) is 11.4 Å². The monoisotopic (exact) mass is 332 g/mol. The molecule has 3 aromatic rings. The van der Waals surface area contributed by atoms with Gasteiger partial charge in [-0.25, -0.2) is 4.98 Å². The molecule has 0 radical (unpaired) electrons. The zero-order valence-corrected chi connectivity index (χ0v) is 13.9.